The number of rotatable bonds is 8. The fourth-order valence-electron chi connectivity index (χ4n) is 1.97. The molecule has 4 nitrogen and oxygen atoms in total. The standard InChI is InChI=1S/C11H23ClN2O2S/c12-8-4-1-2-5-9-13-17(15,16)14-10-6-3-7-11-14/h13H,1-11H2. The molecule has 0 aromatic heterocycles. The zero-order chi connectivity index (χ0) is 12.6. The first-order valence-corrected chi connectivity index (χ1v) is 8.45. The number of unbranched alkanes of at least 4 members (excludes halogenated alkanes) is 3. The predicted molar refractivity (Wildman–Crippen MR) is 71.5 cm³/mol. The van der Waals surface area contributed by atoms with E-state index in [1.54, 1.807) is 4.31 Å². The molecule has 1 heterocycles. The van der Waals surface area contributed by atoms with Gasteiger partial charge >= 0.3 is 0 Å². The zero-order valence-corrected chi connectivity index (χ0v) is 11.9. The van der Waals surface area contributed by atoms with E-state index in [-0.39, 0.29) is 0 Å². The molecule has 1 aliphatic rings. The Hall–Kier alpha value is 0.160. The average Bonchev–Trinajstić information content (AvgIpc) is 2.35. The second-order valence-electron chi connectivity index (χ2n) is 4.46. The SMILES string of the molecule is O=S(=O)(NCCCCCCCl)N1CCCCC1. The van der Waals surface area contributed by atoms with Gasteiger partial charge in [0.2, 0.25) is 0 Å². The van der Waals surface area contributed by atoms with Crippen molar-refractivity contribution in [2.45, 2.75) is 44.9 Å². The molecular formula is C11H23ClN2O2S. The van der Waals surface area contributed by atoms with Gasteiger partial charge in [0, 0.05) is 25.5 Å². The number of nitrogens with one attached hydrogen (secondary N) is 1. The normalized spacial score (nSPS) is 18.4. The molecule has 0 saturated carbocycles. The summed E-state index contributed by atoms with van der Waals surface area (Å²) < 4.78 is 28.0. The molecule has 0 atom stereocenters. The summed E-state index contributed by atoms with van der Waals surface area (Å²) in [6.07, 6.45) is 7.13. The second kappa shape index (κ2) is 8.29. The van der Waals surface area contributed by atoms with Crippen LogP contribution in [0.4, 0.5) is 0 Å². The molecule has 1 aliphatic heterocycles. The van der Waals surface area contributed by atoms with Crippen molar-refractivity contribution in [1.82, 2.24) is 9.03 Å². The molecule has 102 valence electrons. The van der Waals surface area contributed by atoms with Gasteiger partial charge in [0.25, 0.3) is 10.2 Å². The van der Waals surface area contributed by atoms with Crippen LogP contribution in [-0.2, 0) is 10.2 Å². The first-order valence-electron chi connectivity index (χ1n) is 6.47. The number of hydrogen-bond acceptors (Lipinski definition) is 2. The monoisotopic (exact) mass is 282 g/mol. The van der Waals surface area contributed by atoms with E-state index in [1.807, 2.05) is 0 Å². The highest BCUT2D eigenvalue weighted by atomic mass is 35.5. The zero-order valence-electron chi connectivity index (χ0n) is 10.3. The van der Waals surface area contributed by atoms with Crippen LogP contribution in [0.3, 0.4) is 0 Å². The van der Waals surface area contributed by atoms with E-state index < -0.39 is 10.2 Å². The molecule has 0 radical (unpaired) electrons. The van der Waals surface area contributed by atoms with Gasteiger partial charge in [-0.1, -0.05) is 19.3 Å². The maximum Gasteiger partial charge on any atom is 0.279 e. The van der Waals surface area contributed by atoms with Crippen molar-refractivity contribution in [3.8, 4) is 0 Å². The molecule has 6 heteroatoms. The Morgan fingerprint density at radius 2 is 1.65 bits per heavy atom. The quantitative estimate of drug-likeness (QED) is 0.547. The summed E-state index contributed by atoms with van der Waals surface area (Å²) >= 11 is 5.57. The summed E-state index contributed by atoms with van der Waals surface area (Å²) in [5.74, 6) is 0.694. The molecular weight excluding hydrogens is 260 g/mol. The third kappa shape index (κ3) is 6.04. The molecule has 1 N–H and O–H groups in total. The van der Waals surface area contributed by atoms with E-state index in [0.717, 1.165) is 44.9 Å². The highest BCUT2D eigenvalue weighted by Gasteiger charge is 2.22. The Balaban J connectivity index is 2.15. The van der Waals surface area contributed by atoms with Crippen molar-refractivity contribution in [1.29, 1.82) is 0 Å². The Kier molecular flexibility index (Phi) is 7.43. The number of alkyl halides is 1. The first kappa shape index (κ1) is 15.2. The van der Waals surface area contributed by atoms with Crippen molar-refractivity contribution in [2.75, 3.05) is 25.5 Å². The van der Waals surface area contributed by atoms with Gasteiger partial charge in [-0.3, -0.25) is 0 Å². The first-order chi connectivity index (χ1) is 8.17. The minimum Gasteiger partial charge on any atom is -0.202 e. The van der Waals surface area contributed by atoms with Gasteiger partial charge in [0.1, 0.15) is 0 Å². The van der Waals surface area contributed by atoms with Crippen LogP contribution in [0.5, 0.6) is 0 Å². The number of halogens is 1. The van der Waals surface area contributed by atoms with Gasteiger partial charge in [-0.05, 0) is 25.7 Å². The molecule has 0 amide bonds. The van der Waals surface area contributed by atoms with E-state index in [4.69, 9.17) is 11.6 Å². The maximum atomic E-state index is 11.9. The van der Waals surface area contributed by atoms with Crippen LogP contribution in [0, 0.1) is 0 Å². The smallest absolute Gasteiger partial charge is 0.202 e. The fourth-order valence-corrected chi connectivity index (χ4v) is 3.48. The lowest BCUT2D eigenvalue weighted by Crippen LogP contribution is -2.43. The highest BCUT2D eigenvalue weighted by Crippen LogP contribution is 2.11. The fraction of sp³-hybridized carbons (Fsp3) is 1.00. The van der Waals surface area contributed by atoms with Crippen LogP contribution in [0.15, 0.2) is 0 Å². The van der Waals surface area contributed by atoms with Crippen molar-refractivity contribution in [2.24, 2.45) is 0 Å². The third-order valence-corrected chi connectivity index (χ3v) is 4.88. The minimum atomic E-state index is -3.22. The van der Waals surface area contributed by atoms with E-state index >= 15 is 0 Å². The van der Waals surface area contributed by atoms with Gasteiger partial charge in [-0.15, -0.1) is 11.6 Å². The number of hydrogen-bond donors (Lipinski definition) is 1. The van der Waals surface area contributed by atoms with Gasteiger partial charge < -0.3 is 0 Å². The molecule has 0 aromatic rings. The molecule has 0 bridgehead atoms. The van der Waals surface area contributed by atoms with Crippen molar-refractivity contribution < 1.29 is 8.42 Å². The van der Waals surface area contributed by atoms with Gasteiger partial charge in [-0.2, -0.15) is 12.7 Å². The summed E-state index contributed by atoms with van der Waals surface area (Å²) in [5, 5.41) is 0. The Morgan fingerprint density at radius 1 is 1.00 bits per heavy atom. The molecule has 0 aromatic carbocycles. The van der Waals surface area contributed by atoms with Gasteiger partial charge in [0.15, 0.2) is 0 Å². The predicted octanol–water partition coefficient (Wildman–Crippen LogP) is 2.11. The minimum absolute atomic E-state index is 0.543. The summed E-state index contributed by atoms with van der Waals surface area (Å²) in [7, 11) is -3.22. The van der Waals surface area contributed by atoms with E-state index in [1.165, 1.54) is 0 Å². The third-order valence-electron chi connectivity index (χ3n) is 3.00. The van der Waals surface area contributed by atoms with E-state index in [0.29, 0.717) is 25.5 Å². The van der Waals surface area contributed by atoms with E-state index in [9.17, 15) is 8.42 Å². The van der Waals surface area contributed by atoms with Gasteiger partial charge in [-0.25, -0.2) is 4.72 Å². The van der Waals surface area contributed by atoms with Crippen LogP contribution in [0.2, 0.25) is 0 Å². The Morgan fingerprint density at radius 3 is 2.29 bits per heavy atom. The number of piperidine rings is 1. The van der Waals surface area contributed by atoms with Crippen LogP contribution in [0.25, 0.3) is 0 Å². The lowest BCUT2D eigenvalue weighted by atomic mass is 10.2. The van der Waals surface area contributed by atoms with Crippen LogP contribution in [-0.4, -0.2) is 38.2 Å². The topological polar surface area (TPSA) is 49.4 Å². The molecule has 0 spiro atoms. The Labute approximate surface area is 110 Å². The van der Waals surface area contributed by atoms with Crippen molar-refractivity contribution in [3.63, 3.8) is 0 Å². The van der Waals surface area contributed by atoms with Crippen LogP contribution >= 0.6 is 11.6 Å². The number of nitrogens with zero attached hydrogens (tertiary/aromatic N) is 1. The largest absolute Gasteiger partial charge is 0.279 e. The molecule has 1 fully saturated rings. The Bertz CT molecular complexity index is 290. The lowest BCUT2D eigenvalue weighted by molar-refractivity contribution is 0.341. The lowest BCUT2D eigenvalue weighted by Gasteiger charge is -2.25. The molecule has 17 heavy (non-hydrogen) atoms. The summed E-state index contributed by atoms with van der Waals surface area (Å²) in [5.41, 5.74) is 0. The molecule has 1 saturated heterocycles. The molecule has 1 rings (SSSR count). The summed E-state index contributed by atoms with van der Waals surface area (Å²) in [4.78, 5) is 0. The second-order valence-corrected chi connectivity index (χ2v) is 6.60. The molecule has 0 aliphatic carbocycles. The summed E-state index contributed by atoms with van der Waals surface area (Å²) in [6, 6.07) is 0. The van der Waals surface area contributed by atoms with E-state index in [2.05, 4.69) is 4.72 Å². The van der Waals surface area contributed by atoms with Crippen molar-refractivity contribution >= 4 is 21.8 Å². The van der Waals surface area contributed by atoms with Crippen molar-refractivity contribution in [3.05, 3.63) is 0 Å². The van der Waals surface area contributed by atoms with Gasteiger partial charge in [0.05, 0.1) is 0 Å². The van der Waals surface area contributed by atoms with Crippen LogP contribution < -0.4 is 4.72 Å². The average molecular weight is 283 g/mol. The van der Waals surface area contributed by atoms with Crippen LogP contribution in [0.1, 0.15) is 44.9 Å². The molecule has 0 unspecified atom stereocenters. The maximum absolute atomic E-state index is 11.9. The highest BCUT2D eigenvalue weighted by molar-refractivity contribution is 7.87. The summed E-state index contributed by atoms with van der Waals surface area (Å²) in [6.45, 7) is 1.88.